The quantitative estimate of drug-likeness (QED) is 0.702. The first kappa shape index (κ1) is 11.1. The van der Waals surface area contributed by atoms with E-state index in [4.69, 9.17) is 4.74 Å². The summed E-state index contributed by atoms with van der Waals surface area (Å²) in [6.07, 6.45) is 4.75. The van der Waals surface area contributed by atoms with Crippen LogP contribution in [0.3, 0.4) is 0 Å². The van der Waals surface area contributed by atoms with Crippen LogP contribution in [-0.2, 0) is 9.53 Å². The molecule has 1 aliphatic heterocycles. The van der Waals surface area contributed by atoms with Gasteiger partial charge in [0.15, 0.2) is 0 Å². The Labute approximate surface area is 91.8 Å². The lowest BCUT2D eigenvalue weighted by Gasteiger charge is -2.32. The monoisotopic (exact) mass is 211 g/mol. The number of ketones is 1. The molecule has 2 aliphatic rings. The van der Waals surface area contributed by atoms with Gasteiger partial charge in [-0.2, -0.15) is 0 Å². The fourth-order valence-electron chi connectivity index (χ4n) is 2.42. The summed E-state index contributed by atoms with van der Waals surface area (Å²) in [5, 5.41) is 0. The van der Waals surface area contributed by atoms with Crippen molar-refractivity contribution in [3.63, 3.8) is 0 Å². The number of carbonyl (C=O) groups excluding carboxylic acids is 1. The van der Waals surface area contributed by atoms with Crippen molar-refractivity contribution in [2.75, 3.05) is 33.4 Å². The van der Waals surface area contributed by atoms with E-state index in [0.717, 1.165) is 19.0 Å². The first-order valence-corrected chi connectivity index (χ1v) is 6.04. The smallest absolute Gasteiger partial charge is 0.141 e. The highest BCUT2D eigenvalue weighted by atomic mass is 16.5. The zero-order valence-corrected chi connectivity index (χ0v) is 9.58. The highest BCUT2D eigenvalue weighted by molar-refractivity contribution is 5.82. The van der Waals surface area contributed by atoms with Gasteiger partial charge < -0.3 is 9.64 Å². The van der Waals surface area contributed by atoms with Crippen molar-refractivity contribution in [3.8, 4) is 0 Å². The van der Waals surface area contributed by atoms with Crippen LogP contribution < -0.4 is 0 Å². The standard InChI is InChI=1S/C12H21NO2/c1-13(7-10-3-2-4-10)8-11-9-15-6-5-12(11)14/h10-11H,2-9H2,1H3. The molecule has 0 amide bonds. The van der Waals surface area contributed by atoms with Crippen LogP contribution in [0.1, 0.15) is 25.7 Å². The molecule has 3 heteroatoms. The summed E-state index contributed by atoms with van der Waals surface area (Å²) in [4.78, 5) is 13.9. The molecule has 2 rings (SSSR count). The Morgan fingerprint density at radius 2 is 2.20 bits per heavy atom. The minimum Gasteiger partial charge on any atom is -0.380 e. The predicted octanol–water partition coefficient (Wildman–Crippen LogP) is 1.32. The molecule has 1 saturated carbocycles. The van der Waals surface area contributed by atoms with Crippen LogP contribution >= 0.6 is 0 Å². The average molecular weight is 211 g/mol. The van der Waals surface area contributed by atoms with Gasteiger partial charge in [-0.3, -0.25) is 4.79 Å². The lowest BCUT2D eigenvalue weighted by atomic mass is 9.85. The fourth-order valence-corrected chi connectivity index (χ4v) is 2.42. The zero-order chi connectivity index (χ0) is 10.7. The third kappa shape index (κ3) is 3.02. The summed E-state index contributed by atoms with van der Waals surface area (Å²) in [5.41, 5.74) is 0. The average Bonchev–Trinajstić information content (AvgIpc) is 2.16. The van der Waals surface area contributed by atoms with E-state index in [0.29, 0.717) is 25.4 Å². The van der Waals surface area contributed by atoms with E-state index < -0.39 is 0 Å². The molecule has 0 aromatic carbocycles. The summed E-state index contributed by atoms with van der Waals surface area (Å²) in [6, 6.07) is 0. The molecule has 0 bridgehead atoms. The second kappa shape index (κ2) is 5.08. The topological polar surface area (TPSA) is 29.5 Å². The molecule has 2 fully saturated rings. The van der Waals surface area contributed by atoms with E-state index in [1.165, 1.54) is 19.3 Å². The molecule has 0 N–H and O–H groups in total. The first-order chi connectivity index (χ1) is 7.25. The molecule has 1 aliphatic carbocycles. The SMILES string of the molecule is CN(CC1CCC1)CC1COCCC1=O. The highest BCUT2D eigenvalue weighted by Crippen LogP contribution is 2.27. The predicted molar refractivity (Wildman–Crippen MR) is 58.8 cm³/mol. The molecular weight excluding hydrogens is 190 g/mol. The van der Waals surface area contributed by atoms with Crippen molar-refractivity contribution >= 4 is 5.78 Å². The van der Waals surface area contributed by atoms with E-state index in [2.05, 4.69) is 11.9 Å². The lowest BCUT2D eigenvalue weighted by molar-refractivity contribution is -0.131. The Balaban J connectivity index is 1.71. The van der Waals surface area contributed by atoms with Crippen LogP contribution in [-0.4, -0.2) is 44.0 Å². The van der Waals surface area contributed by atoms with Gasteiger partial charge in [0.1, 0.15) is 5.78 Å². The summed E-state index contributed by atoms with van der Waals surface area (Å²) in [7, 11) is 2.13. The van der Waals surface area contributed by atoms with E-state index in [-0.39, 0.29) is 5.92 Å². The van der Waals surface area contributed by atoms with Gasteiger partial charge in [-0.05, 0) is 25.8 Å². The van der Waals surface area contributed by atoms with E-state index >= 15 is 0 Å². The molecule has 3 nitrogen and oxygen atoms in total. The number of nitrogens with zero attached hydrogens (tertiary/aromatic N) is 1. The Kier molecular flexibility index (Phi) is 3.76. The number of ether oxygens (including phenoxy) is 1. The number of hydrogen-bond donors (Lipinski definition) is 0. The van der Waals surface area contributed by atoms with Crippen LogP contribution in [0.2, 0.25) is 0 Å². The largest absolute Gasteiger partial charge is 0.380 e. The van der Waals surface area contributed by atoms with E-state index in [9.17, 15) is 4.79 Å². The molecule has 1 saturated heterocycles. The third-order valence-electron chi connectivity index (χ3n) is 3.59. The van der Waals surface area contributed by atoms with E-state index in [1.54, 1.807) is 0 Å². The van der Waals surface area contributed by atoms with Crippen LogP contribution in [0.5, 0.6) is 0 Å². The van der Waals surface area contributed by atoms with Gasteiger partial charge in [-0.1, -0.05) is 6.42 Å². The van der Waals surface area contributed by atoms with E-state index in [1.807, 2.05) is 0 Å². The summed E-state index contributed by atoms with van der Waals surface area (Å²) >= 11 is 0. The van der Waals surface area contributed by atoms with Gasteiger partial charge in [0.25, 0.3) is 0 Å². The second-order valence-electron chi connectivity index (χ2n) is 5.01. The Bertz CT molecular complexity index is 226. The fraction of sp³-hybridized carbons (Fsp3) is 0.917. The van der Waals surface area contributed by atoms with Gasteiger partial charge in [0, 0.05) is 19.5 Å². The van der Waals surface area contributed by atoms with Crippen molar-refractivity contribution in [2.45, 2.75) is 25.7 Å². The molecule has 1 unspecified atom stereocenters. The van der Waals surface area contributed by atoms with Crippen molar-refractivity contribution in [2.24, 2.45) is 11.8 Å². The molecule has 0 aromatic rings. The molecular formula is C12H21NO2. The van der Waals surface area contributed by atoms with Crippen LogP contribution in [0, 0.1) is 11.8 Å². The molecule has 0 aromatic heterocycles. The van der Waals surface area contributed by atoms with Crippen LogP contribution in [0.15, 0.2) is 0 Å². The summed E-state index contributed by atoms with van der Waals surface area (Å²) in [5.74, 6) is 1.40. The maximum atomic E-state index is 11.6. The van der Waals surface area contributed by atoms with Gasteiger partial charge in [0.2, 0.25) is 0 Å². The maximum Gasteiger partial charge on any atom is 0.141 e. The Morgan fingerprint density at radius 3 is 2.80 bits per heavy atom. The number of rotatable bonds is 4. The lowest BCUT2D eigenvalue weighted by Crippen LogP contribution is -2.39. The maximum absolute atomic E-state index is 11.6. The molecule has 1 atom stereocenters. The molecule has 0 spiro atoms. The van der Waals surface area contributed by atoms with Crippen LogP contribution in [0.25, 0.3) is 0 Å². The van der Waals surface area contributed by atoms with Gasteiger partial charge in [-0.25, -0.2) is 0 Å². The van der Waals surface area contributed by atoms with Crippen molar-refractivity contribution in [3.05, 3.63) is 0 Å². The first-order valence-electron chi connectivity index (χ1n) is 6.04. The van der Waals surface area contributed by atoms with Crippen LogP contribution in [0.4, 0.5) is 0 Å². The summed E-state index contributed by atoms with van der Waals surface area (Å²) < 4.78 is 5.35. The summed E-state index contributed by atoms with van der Waals surface area (Å²) in [6.45, 7) is 3.30. The molecule has 0 radical (unpaired) electrons. The molecule has 1 heterocycles. The highest BCUT2D eigenvalue weighted by Gasteiger charge is 2.26. The number of carbonyl (C=O) groups is 1. The zero-order valence-electron chi connectivity index (χ0n) is 9.58. The number of hydrogen-bond acceptors (Lipinski definition) is 3. The van der Waals surface area contributed by atoms with Gasteiger partial charge in [-0.15, -0.1) is 0 Å². The van der Waals surface area contributed by atoms with Crippen molar-refractivity contribution in [1.29, 1.82) is 0 Å². The van der Waals surface area contributed by atoms with Crippen molar-refractivity contribution in [1.82, 2.24) is 4.90 Å². The van der Waals surface area contributed by atoms with Gasteiger partial charge >= 0.3 is 0 Å². The minimum absolute atomic E-state index is 0.129. The number of Topliss-reactive ketones (excluding diaryl/α,β-unsaturated/α-hetero) is 1. The molecule has 15 heavy (non-hydrogen) atoms. The normalized spacial score (nSPS) is 28.1. The second-order valence-corrected chi connectivity index (χ2v) is 5.01. The van der Waals surface area contributed by atoms with Crippen molar-refractivity contribution < 1.29 is 9.53 Å². The van der Waals surface area contributed by atoms with Gasteiger partial charge in [0.05, 0.1) is 19.1 Å². The minimum atomic E-state index is 0.129. The molecule has 86 valence electrons. The Morgan fingerprint density at radius 1 is 1.40 bits per heavy atom. The third-order valence-corrected chi connectivity index (χ3v) is 3.59. The Hall–Kier alpha value is -0.410.